The summed E-state index contributed by atoms with van der Waals surface area (Å²) in [5, 5.41) is 0. The van der Waals surface area contributed by atoms with Gasteiger partial charge in [0.25, 0.3) is 0 Å². The topological polar surface area (TPSA) is 35.5 Å². The molecule has 1 aliphatic rings. The molecule has 1 fully saturated rings. The maximum absolute atomic E-state index is 12.2. The van der Waals surface area contributed by atoms with Gasteiger partial charge in [-0.2, -0.15) is 0 Å². The van der Waals surface area contributed by atoms with Crippen molar-refractivity contribution in [1.82, 2.24) is 0 Å². The molecule has 0 aromatic heterocycles. The van der Waals surface area contributed by atoms with Gasteiger partial charge in [-0.3, -0.25) is 4.79 Å². The molecule has 1 aliphatic carbocycles. The van der Waals surface area contributed by atoms with Crippen LogP contribution in [0.3, 0.4) is 0 Å². The van der Waals surface area contributed by atoms with Crippen molar-refractivity contribution < 1.29 is 14.3 Å². The Morgan fingerprint density at radius 1 is 1.26 bits per heavy atom. The van der Waals surface area contributed by atoms with Crippen molar-refractivity contribution in [3.8, 4) is 5.75 Å². The number of ether oxygens (including phenoxy) is 2. The Bertz CT molecular complexity index is 424. The lowest BCUT2D eigenvalue weighted by Crippen LogP contribution is -2.41. The van der Waals surface area contributed by atoms with Crippen LogP contribution in [-0.4, -0.2) is 24.6 Å². The van der Waals surface area contributed by atoms with Gasteiger partial charge >= 0.3 is 0 Å². The summed E-state index contributed by atoms with van der Waals surface area (Å²) in [5.74, 6) is 0.953. The predicted molar refractivity (Wildman–Crippen MR) is 74.7 cm³/mol. The van der Waals surface area contributed by atoms with Crippen LogP contribution in [0.4, 0.5) is 0 Å². The molecule has 0 radical (unpaired) electrons. The van der Waals surface area contributed by atoms with Crippen molar-refractivity contribution in [1.29, 1.82) is 0 Å². The maximum atomic E-state index is 12.2. The summed E-state index contributed by atoms with van der Waals surface area (Å²) < 4.78 is 11.1. The first-order valence-electron chi connectivity index (χ1n) is 6.90. The standard InChI is InChI=1S/C16H22O3/c1-12(2)19-14-7-5-13(6-8-14)15(17)11-16(18-3)9-4-10-16/h5-8,12H,4,9-11H2,1-3H3. The number of hydrogen-bond donors (Lipinski definition) is 0. The van der Waals surface area contributed by atoms with Crippen LogP contribution in [0.2, 0.25) is 0 Å². The van der Waals surface area contributed by atoms with E-state index in [0.29, 0.717) is 6.42 Å². The van der Waals surface area contributed by atoms with Gasteiger partial charge in [-0.15, -0.1) is 0 Å². The molecular formula is C16H22O3. The van der Waals surface area contributed by atoms with Crippen molar-refractivity contribution in [3.63, 3.8) is 0 Å². The van der Waals surface area contributed by atoms with Gasteiger partial charge in [0.15, 0.2) is 5.78 Å². The number of rotatable bonds is 6. The van der Waals surface area contributed by atoms with Crippen LogP contribution < -0.4 is 4.74 Å². The molecule has 0 atom stereocenters. The third-order valence-corrected chi connectivity index (χ3v) is 3.73. The summed E-state index contributed by atoms with van der Waals surface area (Å²) in [6, 6.07) is 7.38. The van der Waals surface area contributed by atoms with Crippen LogP contribution >= 0.6 is 0 Å². The third kappa shape index (κ3) is 3.35. The number of carbonyl (C=O) groups is 1. The van der Waals surface area contributed by atoms with Crippen molar-refractivity contribution in [2.24, 2.45) is 0 Å². The molecule has 3 heteroatoms. The van der Waals surface area contributed by atoms with Gasteiger partial charge in [0.05, 0.1) is 11.7 Å². The number of ketones is 1. The van der Waals surface area contributed by atoms with Crippen LogP contribution in [0.25, 0.3) is 0 Å². The summed E-state index contributed by atoms with van der Waals surface area (Å²) in [6.07, 6.45) is 3.76. The van der Waals surface area contributed by atoms with E-state index in [1.54, 1.807) is 7.11 Å². The first kappa shape index (κ1) is 14.1. The highest BCUT2D eigenvalue weighted by atomic mass is 16.5. The zero-order valence-corrected chi connectivity index (χ0v) is 11.9. The molecule has 1 aromatic rings. The van der Waals surface area contributed by atoms with Gasteiger partial charge in [0.2, 0.25) is 0 Å². The molecular weight excluding hydrogens is 240 g/mol. The van der Waals surface area contributed by atoms with Crippen molar-refractivity contribution in [2.75, 3.05) is 7.11 Å². The lowest BCUT2D eigenvalue weighted by molar-refractivity contribution is -0.0704. The Hall–Kier alpha value is -1.35. The number of carbonyl (C=O) groups excluding carboxylic acids is 1. The number of hydrogen-bond acceptors (Lipinski definition) is 3. The Labute approximate surface area is 114 Å². The van der Waals surface area contributed by atoms with E-state index in [-0.39, 0.29) is 17.5 Å². The molecule has 0 bridgehead atoms. The van der Waals surface area contributed by atoms with Gasteiger partial charge in [-0.1, -0.05) is 0 Å². The summed E-state index contributed by atoms with van der Waals surface area (Å²) in [7, 11) is 1.70. The molecule has 1 saturated carbocycles. The van der Waals surface area contributed by atoms with Crippen LogP contribution in [0, 0.1) is 0 Å². The fourth-order valence-corrected chi connectivity index (χ4v) is 2.41. The molecule has 0 saturated heterocycles. The first-order valence-corrected chi connectivity index (χ1v) is 6.90. The molecule has 1 aromatic carbocycles. The Morgan fingerprint density at radius 2 is 1.89 bits per heavy atom. The molecule has 2 rings (SSSR count). The second-order valence-electron chi connectivity index (χ2n) is 5.53. The minimum absolute atomic E-state index is 0.147. The minimum Gasteiger partial charge on any atom is -0.491 e. The monoisotopic (exact) mass is 262 g/mol. The van der Waals surface area contributed by atoms with Gasteiger partial charge in [0.1, 0.15) is 5.75 Å². The van der Waals surface area contributed by atoms with Gasteiger partial charge in [-0.25, -0.2) is 0 Å². The van der Waals surface area contributed by atoms with Gasteiger partial charge in [-0.05, 0) is 57.4 Å². The van der Waals surface area contributed by atoms with Gasteiger partial charge < -0.3 is 9.47 Å². The Balaban J connectivity index is 1.99. The normalized spacial score (nSPS) is 17.1. The number of methoxy groups -OCH3 is 1. The minimum atomic E-state index is -0.204. The van der Waals surface area contributed by atoms with E-state index in [2.05, 4.69) is 0 Å². The van der Waals surface area contributed by atoms with E-state index < -0.39 is 0 Å². The van der Waals surface area contributed by atoms with Crippen molar-refractivity contribution >= 4 is 5.78 Å². The van der Waals surface area contributed by atoms with Crippen LogP contribution in [0.1, 0.15) is 49.9 Å². The van der Waals surface area contributed by atoms with Crippen LogP contribution in [-0.2, 0) is 4.74 Å². The fraction of sp³-hybridized carbons (Fsp3) is 0.562. The smallest absolute Gasteiger partial charge is 0.165 e. The summed E-state index contributed by atoms with van der Waals surface area (Å²) >= 11 is 0. The van der Waals surface area contributed by atoms with Gasteiger partial charge in [0, 0.05) is 19.1 Å². The highest BCUT2D eigenvalue weighted by Crippen LogP contribution is 2.38. The van der Waals surface area contributed by atoms with E-state index in [1.165, 1.54) is 0 Å². The molecule has 0 heterocycles. The molecule has 0 amide bonds. The van der Waals surface area contributed by atoms with Crippen molar-refractivity contribution in [2.45, 2.75) is 51.2 Å². The number of benzene rings is 1. The van der Waals surface area contributed by atoms with E-state index in [1.807, 2.05) is 38.1 Å². The van der Waals surface area contributed by atoms with E-state index in [9.17, 15) is 4.79 Å². The maximum Gasteiger partial charge on any atom is 0.165 e. The molecule has 3 nitrogen and oxygen atoms in total. The Kier molecular flexibility index (Phi) is 4.25. The highest BCUT2D eigenvalue weighted by Gasteiger charge is 2.39. The summed E-state index contributed by atoms with van der Waals surface area (Å²) in [4.78, 5) is 12.2. The Morgan fingerprint density at radius 3 is 2.32 bits per heavy atom. The second kappa shape index (κ2) is 5.74. The second-order valence-corrected chi connectivity index (χ2v) is 5.53. The predicted octanol–water partition coefficient (Wildman–Crippen LogP) is 3.62. The lowest BCUT2D eigenvalue weighted by atomic mass is 9.76. The average molecular weight is 262 g/mol. The SMILES string of the molecule is COC1(CC(=O)c2ccc(OC(C)C)cc2)CCC1. The van der Waals surface area contributed by atoms with E-state index in [4.69, 9.17) is 9.47 Å². The van der Waals surface area contributed by atoms with Crippen LogP contribution in [0.5, 0.6) is 5.75 Å². The molecule has 0 N–H and O–H groups in total. The molecule has 19 heavy (non-hydrogen) atoms. The molecule has 0 spiro atoms. The highest BCUT2D eigenvalue weighted by molar-refractivity contribution is 5.96. The first-order chi connectivity index (χ1) is 9.04. The zero-order chi connectivity index (χ0) is 13.9. The largest absolute Gasteiger partial charge is 0.491 e. The quantitative estimate of drug-likeness (QED) is 0.735. The molecule has 0 aliphatic heterocycles. The molecule has 104 valence electrons. The fourth-order valence-electron chi connectivity index (χ4n) is 2.41. The summed E-state index contributed by atoms with van der Waals surface area (Å²) in [6.45, 7) is 3.97. The zero-order valence-electron chi connectivity index (χ0n) is 11.9. The average Bonchev–Trinajstić information content (AvgIpc) is 2.34. The van der Waals surface area contributed by atoms with Crippen LogP contribution in [0.15, 0.2) is 24.3 Å². The lowest BCUT2D eigenvalue weighted by Gasteiger charge is -2.40. The van der Waals surface area contributed by atoms with E-state index >= 15 is 0 Å². The summed E-state index contributed by atoms with van der Waals surface area (Å²) in [5.41, 5.74) is 0.531. The number of Topliss-reactive ketones (excluding diaryl/α,β-unsaturated/α-hetero) is 1. The molecule has 0 unspecified atom stereocenters. The van der Waals surface area contributed by atoms with Crippen molar-refractivity contribution in [3.05, 3.63) is 29.8 Å². The van der Waals surface area contributed by atoms with E-state index in [0.717, 1.165) is 30.6 Å². The third-order valence-electron chi connectivity index (χ3n) is 3.73.